The minimum atomic E-state index is 0.0419. The monoisotopic (exact) mass is 270 g/mol. The molecule has 18 heavy (non-hydrogen) atoms. The first kappa shape index (κ1) is 13.0. The Hall–Kier alpha value is -1.43. The molecule has 0 aliphatic carbocycles. The molecule has 1 atom stereocenters. The molecule has 1 aromatic heterocycles. The summed E-state index contributed by atoms with van der Waals surface area (Å²) in [6.07, 6.45) is 1.86. The van der Waals surface area contributed by atoms with E-state index in [0.717, 1.165) is 19.4 Å². The molecule has 2 rings (SSSR count). The number of aromatic nitrogens is 3. The molecule has 98 valence electrons. The second kappa shape index (κ2) is 5.48. The van der Waals surface area contributed by atoms with Crippen molar-refractivity contribution in [2.75, 3.05) is 25.1 Å². The molecule has 1 aliphatic heterocycles. The maximum atomic E-state index is 11.4. The summed E-state index contributed by atoms with van der Waals surface area (Å²) < 4.78 is 4.96. The number of halogens is 1. The van der Waals surface area contributed by atoms with Crippen molar-refractivity contribution in [2.45, 2.75) is 19.8 Å². The Bertz CT molecular complexity index is 455. The number of carbonyl (C=O) groups is 1. The van der Waals surface area contributed by atoms with Crippen LogP contribution >= 0.6 is 11.6 Å². The van der Waals surface area contributed by atoms with Gasteiger partial charge in [-0.2, -0.15) is 15.0 Å². The Balaban J connectivity index is 2.20. The highest BCUT2D eigenvalue weighted by molar-refractivity contribution is 6.28. The molecule has 0 N–H and O–H groups in total. The predicted octanol–water partition coefficient (Wildman–Crippen LogP) is 1.34. The zero-order valence-corrected chi connectivity index (χ0v) is 11.1. The van der Waals surface area contributed by atoms with Gasteiger partial charge in [-0.05, 0) is 31.4 Å². The Morgan fingerprint density at radius 2 is 2.22 bits per heavy atom. The van der Waals surface area contributed by atoms with Crippen molar-refractivity contribution < 1.29 is 9.53 Å². The highest BCUT2D eigenvalue weighted by Gasteiger charge is 2.25. The van der Waals surface area contributed by atoms with Gasteiger partial charge in [0, 0.05) is 19.0 Å². The third-order valence-electron chi connectivity index (χ3n) is 3.04. The highest BCUT2D eigenvalue weighted by atomic mass is 35.5. The van der Waals surface area contributed by atoms with E-state index in [2.05, 4.69) is 15.0 Å². The lowest BCUT2D eigenvalue weighted by Crippen LogP contribution is -2.39. The number of carbonyl (C=O) groups excluding carboxylic acids is 1. The maximum Gasteiger partial charge on any atom is 0.322 e. The first-order valence-electron chi connectivity index (χ1n) is 5.81. The van der Waals surface area contributed by atoms with E-state index in [-0.39, 0.29) is 23.0 Å². The Labute approximate surface area is 110 Å². The van der Waals surface area contributed by atoms with Crippen molar-refractivity contribution in [3.63, 3.8) is 0 Å². The molecule has 1 aromatic rings. The number of ether oxygens (including phenoxy) is 1. The van der Waals surface area contributed by atoms with Gasteiger partial charge < -0.3 is 9.64 Å². The summed E-state index contributed by atoms with van der Waals surface area (Å²) in [5.74, 6) is 0.713. The third-order valence-corrected chi connectivity index (χ3v) is 3.21. The van der Waals surface area contributed by atoms with Crippen molar-refractivity contribution in [1.29, 1.82) is 0 Å². The van der Waals surface area contributed by atoms with Gasteiger partial charge in [0.2, 0.25) is 11.2 Å². The molecular formula is C11H15ClN4O2. The van der Waals surface area contributed by atoms with E-state index < -0.39 is 0 Å². The van der Waals surface area contributed by atoms with Crippen LogP contribution in [0.2, 0.25) is 5.28 Å². The van der Waals surface area contributed by atoms with Crippen molar-refractivity contribution in [1.82, 2.24) is 15.0 Å². The van der Waals surface area contributed by atoms with Gasteiger partial charge in [-0.1, -0.05) is 0 Å². The molecular weight excluding hydrogens is 256 g/mol. The molecule has 6 nitrogen and oxygen atoms in total. The number of nitrogens with zero attached hydrogens (tertiary/aromatic N) is 4. The molecule has 0 saturated carbocycles. The van der Waals surface area contributed by atoms with Crippen LogP contribution in [0.4, 0.5) is 5.95 Å². The highest BCUT2D eigenvalue weighted by Crippen LogP contribution is 2.22. The summed E-state index contributed by atoms with van der Waals surface area (Å²) >= 11 is 5.81. The minimum Gasteiger partial charge on any atom is -0.467 e. The third kappa shape index (κ3) is 2.87. The SMILES string of the molecule is COc1nc(Cl)nc(N2CCCC(C(C)=O)C2)n1. The standard InChI is InChI=1S/C11H15ClN4O2/c1-7(17)8-4-3-5-16(6-8)10-13-9(12)14-11(15-10)18-2/h8H,3-6H2,1-2H3. The number of ketones is 1. The molecule has 1 saturated heterocycles. The smallest absolute Gasteiger partial charge is 0.322 e. The molecule has 7 heteroatoms. The van der Waals surface area contributed by atoms with E-state index in [4.69, 9.17) is 16.3 Å². The Morgan fingerprint density at radius 3 is 2.89 bits per heavy atom. The average molecular weight is 271 g/mol. The van der Waals surface area contributed by atoms with E-state index in [9.17, 15) is 4.79 Å². The fraction of sp³-hybridized carbons (Fsp3) is 0.636. The molecule has 0 bridgehead atoms. The van der Waals surface area contributed by atoms with E-state index in [1.807, 2.05) is 4.90 Å². The van der Waals surface area contributed by atoms with Gasteiger partial charge in [0.15, 0.2) is 0 Å². The van der Waals surface area contributed by atoms with Crippen LogP contribution in [0.1, 0.15) is 19.8 Å². The summed E-state index contributed by atoms with van der Waals surface area (Å²) in [6.45, 7) is 3.06. The average Bonchev–Trinajstić information content (AvgIpc) is 2.38. The van der Waals surface area contributed by atoms with Crippen LogP contribution in [0.3, 0.4) is 0 Å². The molecule has 0 amide bonds. The summed E-state index contributed by atoms with van der Waals surface area (Å²) in [4.78, 5) is 25.4. The van der Waals surface area contributed by atoms with E-state index in [0.29, 0.717) is 12.5 Å². The van der Waals surface area contributed by atoms with Crippen molar-refractivity contribution >= 4 is 23.3 Å². The summed E-state index contributed by atoms with van der Waals surface area (Å²) in [5, 5.41) is 0.0989. The van der Waals surface area contributed by atoms with Gasteiger partial charge in [0.25, 0.3) is 0 Å². The molecule has 0 radical (unpaired) electrons. The lowest BCUT2D eigenvalue weighted by atomic mass is 9.95. The summed E-state index contributed by atoms with van der Waals surface area (Å²) in [5.41, 5.74) is 0. The number of Topliss-reactive ketones (excluding diaryl/α,β-unsaturated/α-hetero) is 1. The fourth-order valence-electron chi connectivity index (χ4n) is 2.05. The number of rotatable bonds is 3. The second-order valence-corrected chi connectivity index (χ2v) is 4.63. The molecule has 1 aliphatic rings. The van der Waals surface area contributed by atoms with Gasteiger partial charge in [0.1, 0.15) is 5.78 Å². The van der Waals surface area contributed by atoms with Gasteiger partial charge in [-0.3, -0.25) is 4.79 Å². The fourth-order valence-corrected chi connectivity index (χ4v) is 2.19. The van der Waals surface area contributed by atoms with Gasteiger partial charge in [-0.25, -0.2) is 0 Å². The lowest BCUT2D eigenvalue weighted by molar-refractivity contribution is -0.120. The van der Waals surface area contributed by atoms with Crippen LogP contribution in [-0.4, -0.2) is 40.9 Å². The van der Waals surface area contributed by atoms with Crippen LogP contribution in [-0.2, 0) is 4.79 Å². The predicted molar refractivity (Wildman–Crippen MR) is 67.0 cm³/mol. The van der Waals surface area contributed by atoms with Crippen LogP contribution in [0, 0.1) is 5.92 Å². The molecule has 0 aromatic carbocycles. The zero-order chi connectivity index (χ0) is 13.1. The maximum absolute atomic E-state index is 11.4. The largest absolute Gasteiger partial charge is 0.467 e. The number of methoxy groups -OCH3 is 1. The van der Waals surface area contributed by atoms with Crippen molar-refractivity contribution in [3.05, 3.63) is 5.28 Å². The van der Waals surface area contributed by atoms with Gasteiger partial charge in [-0.15, -0.1) is 0 Å². The Kier molecular flexibility index (Phi) is 3.96. The normalized spacial score (nSPS) is 19.7. The zero-order valence-electron chi connectivity index (χ0n) is 10.4. The molecule has 2 heterocycles. The van der Waals surface area contributed by atoms with Crippen LogP contribution < -0.4 is 9.64 Å². The number of hydrogen-bond donors (Lipinski definition) is 0. The summed E-state index contributed by atoms with van der Waals surface area (Å²) in [6, 6.07) is 0.190. The number of piperidine rings is 1. The number of hydrogen-bond acceptors (Lipinski definition) is 6. The summed E-state index contributed by atoms with van der Waals surface area (Å²) in [7, 11) is 1.48. The van der Waals surface area contributed by atoms with Crippen LogP contribution in [0.5, 0.6) is 6.01 Å². The molecule has 1 fully saturated rings. The van der Waals surface area contributed by atoms with Crippen LogP contribution in [0.15, 0.2) is 0 Å². The van der Waals surface area contributed by atoms with Gasteiger partial charge in [0.05, 0.1) is 7.11 Å². The molecule has 0 spiro atoms. The van der Waals surface area contributed by atoms with Crippen molar-refractivity contribution in [2.24, 2.45) is 5.92 Å². The Morgan fingerprint density at radius 1 is 1.44 bits per heavy atom. The first-order chi connectivity index (χ1) is 8.60. The van der Waals surface area contributed by atoms with Crippen molar-refractivity contribution in [3.8, 4) is 6.01 Å². The lowest BCUT2D eigenvalue weighted by Gasteiger charge is -2.31. The minimum absolute atomic E-state index is 0.0419. The van der Waals surface area contributed by atoms with Crippen LogP contribution in [0.25, 0.3) is 0 Å². The number of anilines is 1. The van der Waals surface area contributed by atoms with E-state index in [1.165, 1.54) is 7.11 Å². The van der Waals surface area contributed by atoms with Gasteiger partial charge >= 0.3 is 6.01 Å². The topological polar surface area (TPSA) is 68.2 Å². The molecule has 1 unspecified atom stereocenters. The quantitative estimate of drug-likeness (QED) is 0.826. The van der Waals surface area contributed by atoms with E-state index >= 15 is 0 Å². The second-order valence-electron chi connectivity index (χ2n) is 4.29. The first-order valence-corrected chi connectivity index (χ1v) is 6.19. The van der Waals surface area contributed by atoms with E-state index in [1.54, 1.807) is 6.92 Å².